The summed E-state index contributed by atoms with van der Waals surface area (Å²) in [6, 6.07) is 0. The second-order valence-electron chi connectivity index (χ2n) is 6.31. The first-order valence-corrected chi connectivity index (χ1v) is 10.3. The van der Waals surface area contributed by atoms with Gasteiger partial charge in [-0.15, -0.1) is 0 Å². The van der Waals surface area contributed by atoms with Crippen LogP contribution in [0.3, 0.4) is 0 Å². The van der Waals surface area contributed by atoms with Gasteiger partial charge in [0.25, 0.3) is 0 Å². The second-order valence-corrected chi connectivity index (χ2v) is 6.31. The first kappa shape index (κ1) is 29.6. The number of rotatable bonds is 17. The van der Waals surface area contributed by atoms with E-state index in [4.69, 9.17) is 9.84 Å². The van der Waals surface area contributed by atoms with Gasteiger partial charge in [0.2, 0.25) is 0 Å². The molecule has 0 saturated heterocycles. The Morgan fingerprint density at radius 3 is 1.71 bits per heavy atom. The molecule has 28 heavy (non-hydrogen) atoms. The van der Waals surface area contributed by atoms with Crippen molar-refractivity contribution in [2.75, 3.05) is 6.61 Å². The van der Waals surface area contributed by atoms with Crippen LogP contribution in [0.25, 0.3) is 0 Å². The van der Waals surface area contributed by atoms with Crippen LogP contribution in [0.2, 0.25) is 0 Å². The summed E-state index contributed by atoms with van der Waals surface area (Å²) in [5.41, 5.74) is 0. The van der Waals surface area contributed by atoms with E-state index in [9.17, 15) is 4.79 Å². The van der Waals surface area contributed by atoms with Crippen molar-refractivity contribution < 1.29 is 17.5 Å². The molecule has 0 saturated carbocycles. The van der Waals surface area contributed by atoms with E-state index >= 15 is 0 Å². The van der Waals surface area contributed by atoms with Crippen molar-refractivity contribution in [1.29, 1.82) is 0 Å². The number of hydrogen-bond donors (Lipinski definition) is 1. The van der Waals surface area contributed by atoms with Gasteiger partial charge < -0.3 is 12.7 Å². The number of aliphatic carboxylic acids is 1. The van der Waals surface area contributed by atoms with Crippen molar-refractivity contribution in [3.63, 3.8) is 0 Å². The van der Waals surface area contributed by atoms with Gasteiger partial charge in [-0.25, -0.2) is 4.79 Å². The molecule has 0 aliphatic carbocycles. The van der Waals surface area contributed by atoms with Crippen molar-refractivity contribution in [3.8, 4) is 0 Å². The van der Waals surface area contributed by atoms with E-state index in [0.29, 0.717) is 13.0 Å². The fourth-order valence-corrected chi connectivity index (χ4v) is 2.32. The molecule has 0 aliphatic heterocycles. The van der Waals surface area contributed by atoms with Crippen molar-refractivity contribution in [1.82, 2.24) is 0 Å². The van der Waals surface area contributed by atoms with Gasteiger partial charge >= 0.3 is 43.7 Å². The molecule has 0 aromatic carbocycles. The molecule has 0 radical (unpaired) electrons. The zero-order valence-electron chi connectivity index (χ0n) is 19.9. The summed E-state index contributed by atoms with van der Waals surface area (Å²) in [4.78, 5) is 10.8. The van der Waals surface area contributed by atoms with Crippen molar-refractivity contribution >= 4 is 43.7 Å². The Balaban J connectivity index is -0.00000113. The first-order valence-electron chi connectivity index (χ1n) is 10.3. The zero-order valence-corrected chi connectivity index (χ0v) is 20.1. The quantitative estimate of drug-likeness (QED) is 0.164. The van der Waals surface area contributed by atoms with Gasteiger partial charge in [-0.1, -0.05) is 74.6 Å². The molecule has 0 spiro atoms. The number of carboxylic acid groups (broad SMARTS) is 1. The molecule has 0 fully saturated rings. The predicted octanol–water partition coefficient (Wildman–Crippen LogP) is 6.63. The summed E-state index contributed by atoms with van der Waals surface area (Å²) in [7, 11) is 0. The predicted molar refractivity (Wildman–Crippen MR) is 124 cm³/mol. The van der Waals surface area contributed by atoms with Gasteiger partial charge in [0.15, 0.2) is 6.10 Å². The van der Waals surface area contributed by atoms with Crippen molar-refractivity contribution in [2.24, 2.45) is 0 Å². The average molecular weight is 417 g/mol. The van der Waals surface area contributed by atoms with E-state index in [2.05, 4.69) is 67.7 Å². The van der Waals surface area contributed by atoms with Crippen LogP contribution in [-0.4, -0.2) is 61.5 Å². The summed E-state index contributed by atoms with van der Waals surface area (Å²) >= 11 is 0. The maximum atomic E-state index is 10.8. The first-order chi connectivity index (χ1) is 13.2. The van der Waals surface area contributed by atoms with Crippen molar-refractivity contribution in [2.45, 2.75) is 77.7 Å². The Morgan fingerprint density at radius 1 is 0.821 bits per heavy atom. The van der Waals surface area contributed by atoms with Crippen LogP contribution in [0.1, 0.15) is 74.5 Å². The van der Waals surface area contributed by atoms with Gasteiger partial charge in [0.1, 0.15) is 0 Å². The standard InChI is InChI=1S/C24H38O3.Ca.2H/c1-3-5-6-7-8-9-10-11-12-13-14-15-16-17-18-19-20-21-22-27-23(4-2)24(25)26;;;/h5-6,8-9,11-12,14-15,17-18,23H,3-4,7,10,13,16,19-22H2,1-2H3,(H,25,26);;;/q;+2;2*-1/b6-5-,9-8-,12-11-,15-14-,18-17-;;;. The Morgan fingerprint density at radius 2 is 1.29 bits per heavy atom. The third-order valence-corrected chi connectivity index (χ3v) is 3.89. The van der Waals surface area contributed by atoms with Gasteiger partial charge in [0, 0.05) is 6.61 Å². The van der Waals surface area contributed by atoms with Crippen LogP contribution in [0, 0.1) is 0 Å². The van der Waals surface area contributed by atoms with Crippen LogP contribution in [0.15, 0.2) is 60.8 Å². The van der Waals surface area contributed by atoms with Gasteiger partial charge in [0.05, 0.1) is 0 Å². The van der Waals surface area contributed by atoms with E-state index in [0.717, 1.165) is 51.4 Å². The summed E-state index contributed by atoms with van der Waals surface area (Å²) in [6.07, 6.45) is 29.9. The molecule has 0 aromatic rings. The number of unbranched alkanes of at least 4 members (excludes halogenated alkanes) is 2. The average Bonchev–Trinajstić information content (AvgIpc) is 2.66. The van der Waals surface area contributed by atoms with Gasteiger partial charge in [-0.2, -0.15) is 0 Å². The molecular formula is C24H40CaO3. The normalized spacial score (nSPS) is 13.4. The zero-order chi connectivity index (χ0) is 20.0. The molecule has 1 N–H and O–H groups in total. The number of hydrogen-bond acceptors (Lipinski definition) is 2. The molecule has 0 bridgehead atoms. The van der Waals surface area contributed by atoms with Crippen LogP contribution < -0.4 is 0 Å². The number of carbonyl (C=O) groups is 1. The maximum absolute atomic E-state index is 10.8. The largest absolute Gasteiger partial charge is 2.00 e. The van der Waals surface area contributed by atoms with E-state index in [1.54, 1.807) is 0 Å². The topological polar surface area (TPSA) is 46.5 Å². The summed E-state index contributed by atoms with van der Waals surface area (Å²) < 4.78 is 5.33. The SMILES string of the molecule is CC/C=C\C/C=C\C/C=C\C/C=C\C/C=C\CCCCOC(CC)C(=O)O.[Ca+2].[H-].[H-]. The number of ether oxygens (including phenoxy) is 1. The Bertz CT molecular complexity index is 501. The third kappa shape index (κ3) is 21.7. The number of carboxylic acids is 1. The van der Waals surface area contributed by atoms with Crippen molar-refractivity contribution in [3.05, 3.63) is 60.8 Å². The summed E-state index contributed by atoms with van der Waals surface area (Å²) in [5.74, 6) is -0.865. The second kappa shape index (κ2) is 24.4. The molecule has 0 aliphatic rings. The summed E-state index contributed by atoms with van der Waals surface area (Å²) in [5, 5.41) is 8.87. The Kier molecular flexibility index (Phi) is 25.8. The fraction of sp³-hybridized carbons (Fsp3) is 0.542. The molecule has 156 valence electrons. The third-order valence-electron chi connectivity index (χ3n) is 3.89. The molecular weight excluding hydrogens is 376 g/mol. The molecule has 0 aromatic heterocycles. The summed E-state index contributed by atoms with van der Waals surface area (Å²) in [6.45, 7) is 4.50. The van der Waals surface area contributed by atoms with Crippen LogP contribution in [-0.2, 0) is 9.53 Å². The molecule has 0 rings (SSSR count). The van der Waals surface area contributed by atoms with E-state index in [1.807, 2.05) is 6.92 Å². The minimum Gasteiger partial charge on any atom is -1.00 e. The minimum absolute atomic E-state index is 0. The smallest absolute Gasteiger partial charge is 1.00 e. The molecule has 4 heteroatoms. The van der Waals surface area contributed by atoms with E-state index in [1.165, 1.54) is 0 Å². The molecule has 1 unspecified atom stereocenters. The van der Waals surface area contributed by atoms with Gasteiger partial charge in [-0.05, 0) is 57.8 Å². The Labute approximate surface area is 205 Å². The minimum atomic E-state index is -0.865. The van der Waals surface area contributed by atoms with Crippen LogP contribution >= 0.6 is 0 Å². The molecule has 0 amide bonds. The van der Waals surface area contributed by atoms with E-state index < -0.39 is 12.1 Å². The molecule has 3 nitrogen and oxygen atoms in total. The molecule has 0 heterocycles. The number of allylic oxidation sites excluding steroid dienone is 10. The van der Waals surface area contributed by atoms with Gasteiger partial charge in [-0.3, -0.25) is 0 Å². The van der Waals surface area contributed by atoms with Crippen LogP contribution in [0.4, 0.5) is 0 Å². The Hall–Kier alpha value is -0.610. The van der Waals surface area contributed by atoms with Crippen LogP contribution in [0.5, 0.6) is 0 Å². The monoisotopic (exact) mass is 416 g/mol. The maximum Gasteiger partial charge on any atom is 2.00 e. The van der Waals surface area contributed by atoms with E-state index in [-0.39, 0.29) is 40.6 Å². The molecule has 1 atom stereocenters. The fourth-order valence-electron chi connectivity index (χ4n) is 2.32.